The molecule has 0 bridgehead atoms. The molecule has 0 aliphatic carbocycles. The molecule has 0 aliphatic rings. The molecular weight excluding hydrogens is 250 g/mol. The van der Waals surface area contributed by atoms with E-state index in [1.807, 2.05) is 6.07 Å². The van der Waals surface area contributed by atoms with E-state index in [1.54, 1.807) is 7.11 Å². The molecule has 0 amide bonds. The number of ether oxygens (including phenoxy) is 1. The quantitative estimate of drug-likeness (QED) is 0.805. The molecule has 0 aliphatic heterocycles. The fourth-order valence-electron chi connectivity index (χ4n) is 2.65. The Morgan fingerprint density at radius 3 is 2.80 bits per heavy atom. The first kappa shape index (κ1) is 15.0. The minimum atomic E-state index is 0.317. The van der Waals surface area contributed by atoms with E-state index in [9.17, 15) is 0 Å². The van der Waals surface area contributed by atoms with Crippen LogP contribution in [0.3, 0.4) is 0 Å². The Hall–Kier alpha value is -1.39. The van der Waals surface area contributed by atoms with Crippen molar-refractivity contribution >= 4 is 11.0 Å². The Morgan fingerprint density at radius 2 is 2.10 bits per heavy atom. The Labute approximate surface area is 121 Å². The highest BCUT2D eigenvalue weighted by Crippen LogP contribution is 2.17. The van der Waals surface area contributed by atoms with Crippen LogP contribution in [0.25, 0.3) is 11.0 Å². The van der Waals surface area contributed by atoms with Crippen molar-refractivity contribution in [3.05, 3.63) is 30.1 Å². The highest BCUT2D eigenvalue weighted by Gasteiger charge is 2.15. The third-order valence-electron chi connectivity index (χ3n) is 3.47. The standard InChI is InChI=1S/C16H25N3O/c1-4-10-19-15-9-7-6-8-14(15)18-16(19)11-13(12-20-3)17-5-2/h6-9,13,17H,4-5,10-12H2,1-3H3. The molecule has 4 nitrogen and oxygen atoms in total. The van der Waals surface area contributed by atoms with Crippen LogP contribution < -0.4 is 5.32 Å². The van der Waals surface area contributed by atoms with Gasteiger partial charge in [-0.15, -0.1) is 0 Å². The van der Waals surface area contributed by atoms with E-state index >= 15 is 0 Å². The van der Waals surface area contributed by atoms with Crippen LogP contribution in [-0.2, 0) is 17.7 Å². The molecule has 1 atom stereocenters. The summed E-state index contributed by atoms with van der Waals surface area (Å²) in [6.07, 6.45) is 2.01. The molecular formula is C16H25N3O. The van der Waals surface area contributed by atoms with E-state index in [1.165, 1.54) is 5.52 Å². The minimum Gasteiger partial charge on any atom is -0.383 e. The molecule has 1 N–H and O–H groups in total. The van der Waals surface area contributed by atoms with Gasteiger partial charge in [-0.25, -0.2) is 4.98 Å². The lowest BCUT2D eigenvalue weighted by molar-refractivity contribution is 0.165. The fourth-order valence-corrected chi connectivity index (χ4v) is 2.65. The number of methoxy groups -OCH3 is 1. The molecule has 1 unspecified atom stereocenters. The van der Waals surface area contributed by atoms with Gasteiger partial charge in [0.25, 0.3) is 0 Å². The van der Waals surface area contributed by atoms with E-state index in [0.29, 0.717) is 12.6 Å². The van der Waals surface area contributed by atoms with Crippen molar-refractivity contribution < 1.29 is 4.74 Å². The van der Waals surface area contributed by atoms with Gasteiger partial charge >= 0.3 is 0 Å². The Bertz CT molecular complexity index is 530. The minimum absolute atomic E-state index is 0.317. The van der Waals surface area contributed by atoms with Crippen LogP contribution in [0.5, 0.6) is 0 Å². The first-order valence-electron chi connectivity index (χ1n) is 7.46. The molecule has 4 heteroatoms. The smallest absolute Gasteiger partial charge is 0.111 e. The topological polar surface area (TPSA) is 39.1 Å². The van der Waals surface area contributed by atoms with Gasteiger partial charge in [-0.2, -0.15) is 0 Å². The summed E-state index contributed by atoms with van der Waals surface area (Å²) in [4.78, 5) is 4.80. The molecule has 110 valence electrons. The summed E-state index contributed by atoms with van der Waals surface area (Å²) < 4.78 is 7.65. The Kier molecular flexibility index (Phi) is 5.56. The third-order valence-corrected chi connectivity index (χ3v) is 3.47. The van der Waals surface area contributed by atoms with E-state index in [-0.39, 0.29) is 0 Å². The zero-order valence-corrected chi connectivity index (χ0v) is 12.7. The third kappa shape index (κ3) is 3.38. The Morgan fingerprint density at radius 1 is 1.30 bits per heavy atom. The lowest BCUT2D eigenvalue weighted by atomic mass is 10.2. The van der Waals surface area contributed by atoms with Crippen molar-refractivity contribution in [2.75, 3.05) is 20.3 Å². The molecule has 20 heavy (non-hydrogen) atoms. The summed E-state index contributed by atoms with van der Waals surface area (Å²) in [7, 11) is 1.75. The van der Waals surface area contributed by atoms with Gasteiger partial charge in [0.2, 0.25) is 0 Å². The van der Waals surface area contributed by atoms with Crippen molar-refractivity contribution in [1.82, 2.24) is 14.9 Å². The van der Waals surface area contributed by atoms with E-state index < -0.39 is 0 Å². The summed E-state index contributed by atoms with van der Waals surface area (Å²) in [6.45, 7) is 7.00. The van der Waals surface area contributed by atoms with Crippen molar-refractivity contribution in [3.63, 3.8) is 0 Å². The lowest BCUT2D eigenvalue weighted by Crippen LogP contribution is -2.35. The number of nitrogens with zero attached hydrogens (tertiary/aromatic N) is 2. The number of likely N-dealkylation sites (N-methyl/N-ethyl adjacent to an activating group) is 1. The zero-order chi connectivity index (χ0) is 14.4. The molecule has 0 saturated heterocycles. The van der Waals surface area contributed by atoms with Crippen molar-refractivity contribution in [1.29, 1.82) is 0 Å². The maximum Gasteiger partial charge on any atom is 0.111 e. The normalized spacial score (nSPS) is 12.9. The van der Waals surface area contributed by atoms with Crippen LogP contribution in [0.1, 0.15) is 26.1 Å². The second-order valence-corrected chi connectivity index (χ2v) is 5.08. The van der Waals surface area contributed by atoms with Crippen LogP contribution in [0.15, 0.2) is 24.3 Å². The van der Waals surface area contributed by atoms with Crippen LogP contribution in [0.2, 0.25) is 0 Å². The molecule has 0 radical (unpaired) electrons. The average molecular weight is 275 g/mol. The second kappa shape index (κ2) is 7.41. The number of fused-ring (bicyclic) bond motifs is 1. The predicted molar refractivity (Wildman–Crippen MR) is 83.1 cm³/mol. The number of hydrogen-bond donors (Lipinski definition) is 1. The molecule has 1 heterocycles. The van der Waals surface area contributed by atoms with E-state index in [4.69, 9.17) is 9.72 Å². The fraction of sp³-hybridized carbons (Fsp3) is 0.562. The molecule has 2 rings (SSSR count). The summed E-state index contributed by atoms with van der Waals surface area (Å²) in [5.41, 5.74) is 2.32. The number of nitrogens with one attached hydrogen (secondary N) is 1. The summed E-state index contributed by atoms with van der Waals surface area (Å²) in [5, 5.41) is 3.47. The first-order valence-corrected chi connectivity index (χ1v) is 7.46. The van der Waals surface area contributed by atoms with Gasteiger partial charge < -0.3 is 14.6 Å². The van der Waals surface area contributed by atoms with Crippen LogP contribution in [0, 0.1) is 0 Å². The van der Waals surface area contributed by atoms with Crippen molar-refractivity contribution in [2.24, 2.45) is 0 Å². The maximum atomic E-state index is 5.30. The van der Waals surface area contributed by atoms with Gasteiger partial charge in [0.05, 0.1) is 17.6 Å². The molecule has 0 spiro atoms. The molecule has 1 aromatic carbocycles. The zero-order valence-electron chi connectivity index (χ0n) is 12.7. The molecule has 2 aromatic rings. The van der Waals surface area contributed by atoms with Crippen molar-refractivity contribution in [3.8, 4) is 0 Å². The van der Waals surface area contributed by atoms with Crippen LogP contribution in [0.4, 0.5) is 0 Å². The number of benzene rings is 1. The number of hydrogen-bond acceptors (Lipinski definition) is 3. The largest absolute Gasteiger partial charge is 0.383 e. The SMILES string of the molecule is CCCn1c(CC(COC)NCC)nc2ccccc21. The maximum absolute atomic E-state index is 5.30. The van der Waals surface area contributed by atoms with Gasteiger partial charge in [0.15, 0.2) is 0 Å². The van der Waals surface area contributed by atoms with Gasteiger partial charge in [0, 0.05) is 26.1 Å². The van der Waals surface area contributed by atoms with E-state index in [0.717, 1.165) is 37.3 Å². The van der Waals surface area contributed by atoms with Gasteiger partial charge in [-0.3, -0.25) is 0 Å². The van der Waals surface area contributed by atoms with Crippen LogP contribution in [-0.4, -0.2) is 35.9 Å². The summed E-state index contributed by atoms with van der Waals surface area (Å²) in [6, 6.07) is 8.68. The monoisotopic (exact) mass is 275 g/mol. The number of aromatic nitrogens is 2. The summed E-state index contributed by atoms with van der Waals surface area (Å²) in [5.74, 6) is 1.15. The number of para-hydroxylation sites is 2. The number of aryl methyl sites for hydroxylation is 1. The van der Waals surface area contributed by atoms with Crippen molar-refractivity contribution in [2.45, 2.75) is 39.3 Å². The van der Waals surface area contributed by atoms with Gasteiger partial charge in [-0.05, 0) is 25.1 Å². The number of imidazole rings is 1. The molecule has 1 aromatic heterocycles. The van der Waals surface area contributed by atoms with Gasteiger partial charge in [-0.1, -0.05) is 26.0 Å². The first-order chi connectivity index (χ1) is 9.80. The van der Waals surface area contributed by atoms with Crippen LogP contribution >= 0.6 is 0 Å². The van der Waals surface area contributed by atoms with E-state index in [2.05, 4.69) is 41.9 Å². The Balaban J connectivity index is 2.29. The molecule has 0 saturated carbocycles. The predicted octanol–water partition coefficient (Wildman–Crippen LogP) is 2.61. The highest BCUT2D eigenvalue weighted by atomic mass is 16.5. The average Bonchev–Trinajstić information content (AvgIpc) is 2.78. The number of rotatable bonds is 8. The molecule has 0 fully saturated rings. The highest BCUT2D eigenvalue weighted by molar-refractivity contribution is 5.75. The summed E-state index contributed by atoms with van der Waals surface area (Å²) >= 11 is 0. The lowest BCUT2D eigenvalue weighted by Gasteiger charge is -2.17. The second-order valence-electron chi connectivity index (χ2n) is 5.08. The van der Waals surface area contributed by atoms with Gasteiger partial charge in [0.1, 0.15) is 5.82 Å².